The fourth-order valence-electron chi connectivity index (χ4n) is 3.10. The zero-order valence-electron chi connectivity index (χ0n) is 16.2. The second kappa shape index (κ2) is 10.4. The highest BCUT2D eigenvalue weighted by atomic mass is 35.5. The number of nitrogens with zero attached hydrogens (tertiary/aromatic N) is 2. The number of hydrogen-bond acceptors (Lipinski definition) is 4. The molecule has 1 N–H and O–H groups in total. The Labute approximate surface area is 168 Å². The molecule has 0 aromatic heterocycles. The van der Waals surface area contributed by atoms with Crippen LogP contribution in [0, 0.1) is 6.92 Å². The summed E-state index contributed by atoms with van der Waals surface area (Å²) in [4.78, 5) is 16.8. The van der Waals surface area contributed by atoms with Crippen LogP contribution in [0.15, 0.2) is 18.2 Å². The molecule has 0 bridgehead atoms. The number of ether oxygens (including phenoxy) is 1. The topological polar surface area (TPSA) is 44.8 Å². The first-order valence-electron chi connectivity index (χ1n) is 9.34. The molecule has 5 nitrogen and oxygen atoms in total. The van der Waals surface area contributed by atoms with E-state index >= 15 is 0 Å². The number of hydrogen-bond donors (Lipinski definition) is 1. The van der Waals surface area contributed by atoms with Crippen LogP contribution in [-0.4, -0.2) is 73.9 Å². The van der Waals surface area contributed by atoms with Gasteiger partial charge >= 0.3 is 6.18 Å². The SMILES string of the molecule is Cc1c(Cl)cccc1NC(=O)C(C)N1CCN(CCCOCC(F)(F)F)CC1. The molecule has 1 aromatic carbocycles. The molecule has 1 unspecified atom stereocenters. The van der Waals surface area contributed by atoms with E-state index in [1.165, 1.54) is 0 Å². The largest absolute Gasteiger partial charge is 0.411 e. The summed E-state index contributed by atoms with van der Waals surface area (Å²) < 4.78 is 40.7. The minimum atomic E-state index is -4.27. The Morgan fingerprint density at radius 2 is 1.96 bits per heavy atom. The van der Waals surface area contributed by atoms with Gasteiger partial charge in [0.15, 0.2) is 0 Å². The molecule has 0 aliphatic carbocycles. The van der Waals surface area contributed by atoms with E-state index in [9.17, 15) is 18.0 Å². The van der Waals surface area contributed by atoms with Gasteiger partial charge in [0, 0.05) is 50.0 Å². The highest BCUT2D eigenvalue weighted by Gasteiger charge is 2.28. The van der Waals surface area contributed by atoms with E-state index in [2.05, 4.69) is 19.9 Å². The molecule has 1 amide bonds. The van der Waals surface area contributed by atoms with Gasteiger partial charge in [0.2, 0.25) is 5.91 Å². The van der Waals surface area contributed by atoms with Gasteiger partial charge in [0.1, 0.15) is 6.61 Å². The first kappa shape index (κ1) is 22.9. The molecule has 1 aliphatic rings. The minimum Gasteiger partial charge on any atom is -0.372 e. The van der Waals surface area contributed by atoms with Crippen molar-refractivity contribution < 1.29 is 22.7 Å². The Bertz CT molecular complexity index is 650. The molecule has 1 saturated heterocycles. The van der Waals surface area contributed by atoms with Crippen molar-refractivity contribution in [1.29, 1.82) is 0 Å². The summed E-state index contributed by atoms with van der Waals surface area (Å²) in [5.74, 6) is -0.0839. The van der Waals surface area contributed by atoms with Crippen LogP contribution >= 0.6 is 11.6 Å². The van der Waals surface area contributed by atoms with E-state index in [1.54, 1.807) is 12.1 Å². The molecule has 28 heavy (non-hydrogen) atoms. The summed E-state index contributed by atoms with van der Waals surface area (Å²) >= 11 is 6.09. The zero-order valence-corrected chi connectivity index (χ0v) is 16.9. The fraction of sp³-hybridized carbons (Fsp3) is 0.632. The van der Waals surface area contributed by atoms with Crippen molar-refractivity contribution >= 4 is 23.2 Å². The van der Waals surface area contributed by atoms with Crippen molar-refractivity contribution in [3.05, 3.63) is 28.8 Å². The molecular weight excluding hydrogens is 395 g/mol. The predicted molar refractivity (Wildman–Crippen MR) is 104 cm³/mol. The van der Waals surface area contributed by atoms with Crippen LogP contribution in [0.5, 0.6) is 0 Å². The van der Waals surface area contributed by atoms with E-state index in [-0.39, 0.29) is 18.6 Å². The van der Waals surface area contributed by atoms with Gasteiger partial charge in [-0.3, -0.25) is 9.69 Å². The van der Waals surface area contributed by atoms with Gasteiger partial charge < -0.3 is 15.0 Å². The summed E-state index contributed by atoms with van der Waals surface area (Å²) in [5, 5.41) is 3.54. The van der Waals surface area contributed by atoms with Crippen molar-refractivity contribution in [2.45, 2.75) is 32.5 Å². The molecule has 0 radical (unpaired) electrons. The number of carbonyl (C=O) groups is 1. The van der Waals surface area contributed by atoms with Crippen molar-refractivity contribution in [2.75, 3.05) is 51.3 Å². The number of nitrogens with one attached hydrogen (secondary N) is 1. The average molecular weight is 422 g/mol. The molecule has 0 spiro atoms. The van der Waals surface area contributed by atoms with E-state index < -0.39 is 12.8 Å². The van der Waals surface area contributed by atoms with Crippen molar-refractivity contribution in [1.82, 2.24) is 9.80 Å². The smallest absolute Gasteiger partial charge is 0.372 e. The Balaban J connectivity index is 1.70. The molecule has 0 saturated carbocycles. The van der Waals surface area contributed by atoms with Crippen molar-refractivity contribution in [2.24, 2.45) is 0 Å². The van der Waals surface area contributed by atoms with Gasteiger partial charge in [-0.25, -0.2) is 0 Å². The highest BCUT2D eigenvalue weighted by molar-refractivity contribution is 6.31. The lowest BCUT2D eigenvalue weighted by atomic mass is 10.1. The summed E-state index contributed by atoms with van der Waals surface area (Å²) in [6, 6.07) is 5.12. The second-order valence-electron chi connectivity index (χ2n) is 6.98. The Hall–Kier alpha value is -1.35. The monoisotopic (exact) mass is 421 g/mol. The van der Waals surface area contributed by atoms with Crippen LogP contribution in [0.2, 0.25) is 5.02 Å². The molecule has 1 atom stereocenters. The van der Waals surface area contributed by atoms with E-state index in [0.717, 1.165) is 31.7 Å². The van der Waals surface area contributed by atoms with Gasteiger partial charge in [-0.2, -0.15) is 13.2 Å². The lowest BCUT2D eigenvalue weighted by Crippen LogP contribution is -2.52. The summed E-state index contributed by atoms with van der Waals surface area (Å²) in [7, 11) is 0. The maximum Gasteiger partial charge on any atom is 0.411 e. The number of carbonyl (C=O) groups excluding carboxylic acids is 1. The quantitative estimate of drug-likeness (QED) is 0.652. The first-order valence-corrected chi connectivity index (χ1v) is 9.72. The Morgan fingerprint density at radius 1 is 1.29 bits per heavy atom. The van der Waals surface area contributed by atoms with Crippen LogP contribution in [0.4, 0.5) is 18.9 Å². The number of alkyl halides is 3. The number of rotatable bonds is 8. The predicted octanol–water partition coefficient (Wildman–Crippen LogP) is 3.56. The number of benzene rings is 1. The zero-order chi connectivity index (χ0) is 20.7. The molecule has 1 fully saturated rings. The standard InChI is InChI=1S/C19H27ClF3N3O2/c1-14-16(20)5-3-6-17(14)24-18(27)15(2)26-10-8-25(9-11-26)7-4-12-28-13-19(21,22)23/h3,5-6,15H,4,7-13H2,1-2H3,(H,24,27). The van der Waals surface area contributed by atoms with Crippen LogP contribution in [-0.2, 0) is 9.53 Å². The van der Waals surface area contributed by atoms with Crippen molar-refractivity contribution in [3.63, 3.8) is 0 Å². The van der Waals surface area contributed by atoms with Gasteiger partial charge in [-0.05, 0) is 38.0 Å². The fourth-order valence-corrected chi connectivity index (χ4v) is 3.27. The van der Waals surface area contributed by atoms with Crippen LogP contribution < -0.4 is 5.32 Å². The van der Waals surface area contributed by atoms with Crippen LogP contribution in [0.25, 0.3) is 0 Å². The van der Waals surface area contributed by atoms with E-state index in [4.69, 9.17) is 11.6 Å². The molecule has 1 aliphatic heterocycles. The van der Waals surface area contributed by atoms with Crippen molar-refractivity contribution in [3.8, 4) is 0 Å². The molecule has 2 rings (SSSR count). The minimum absolute atomic E-state index is 0.0839. The highest BCUT2D eigenvalue weighted by Crippen LogP contribution is 2.23. The molecule has 9 heteroatoms. The maximum absolute atomic E-state index is 12.6. The van der Waals surface area contributed by atoms with Crippen LogP contribution in [0.3, 0.4) is 0 Å². The lowest BCUT2D eigenvalue weighted by Gasteiger charge is -2.37. The first-order chi connectivity index (χ1) is 13.2. The van der Waals surface area contributed by atoms with Gasteiger partial charge in [0.25, 0.3) is 0 Å². The van der Waals surface area contributed by atoms with Gasteiger partial charge in [-0.1, -0.05) is 17.7 Å². The average Bonchev–Trinajstić information content (AvgIpc) is 2.64. The summed E-state index contributed by atoms with van der Waals surface area (Å²) in [5.41, 5.74) is 1.55. The lowest BCUT2D eigenvalue weighted by molar-refractivity contribution is -0.174. The van der Waals surface area contributed by atoms with E-state index in [1.807, 2.05) is 19.9 Å². The molecule has 158 valence electrons. The molecular formula is C19H27ClF3N3O2. The van der Waals surface area contributed by atoms with Crippen LogP contribution in [0.1, 0.15) is 18.9 Å². The van der Waals surface area contributed by atoms with Gasteiger partial charge in [0.05, 0.1) is 6.04 Å². The normalized spacial score (nSPS) is 17.5. The number of amides is 1. The number of piperazine rings is 1. The Kier molecular flexibility index (Phi) is 8.55. The number of anilines is 1. The third-order valence-electron chi connectivity index (χ3n) is 4.89. The summed E-state index contributed by atoms with van der Waals surface area (Å²) in [6.07, 6.45) is -3.72. The van der Waals surface area contributed by atoms with Gasteiger partial charge in [-0.15, -0.1) is 0 Å². The van der Waals surface area contributed by atoms with E-state index in [0.29, 0.717) is 23.7 Å². The maximum atomic E-state index is 12.6. The third kappa shape index (κ3) is 7.24. The number of halogens is 4. The Morgan fingerprint density at radius 3 is 2.61 bits per heavy atom. The third-order valence-corrected chi connectivity index (χ3v) is 5.30. The summed E-state index contributed by atoms with van der Waals surface area (Å²) in [6.45, 7) is 6.32. The molecule has 1 heterocycles. The molecule has 1 aromatic rings. The second-order valence-corrected chi connectivity index (χ2v) is 7.38.